The van der Waals surface area contributed by atoms with Gasteiger partial charge in [-0.25, -0.2) is 14.8 Å². The number of carboxylic acid groups (broad SMARTS) is 1. The lowest BCUT2D eigenvalue weighted by Crippen LogP contribution is -2.49. The molecule has 1 saturated heterocycles. The summed E-state index contributed by atoms with van der Waals surface area (Å²) in [5.41, 5.74) is 1.90. The second-order valence-electron chi connectivity index (χ2n) is 9.77. The lowest BCUT2D eigenvalue weighted by atomic mass is 10.2. The Balaban J connectivity index is 0.00000107. The van der Waals surface area contributed by atoms with Crippen LogP contribution in [0, 0.1) is 0 Å². The van der Waals surface area contributed by atoms with Crippen LogP contribution in [0.3, 0.4) is 0 Å². The molecule has 12 nitrogen and oxygen atoms in total. The third kappa shape index (κ3) is 6.57. The molecule has 0 aromatic carbocycles. The van der Waals surface area contributed by atoms with Crippen LogP contribution in [0.1, 0.15) is 42.2 Å². The fourth-order valence-corrected chi connectivity index (χ4v) is 5.07. The average Bonchev–Trinajstić information content (AvgIpc) is 3.58. The number of aliphatic hydroxyl groups is 2. The molecule has 0 bridgehead atoms. The summed E-state index contributed by atoms with van der Waals surface area (Å²) in [6.07, 6.45) is 6.86. The molecule has 2 fully saturated rings. The number of aromatic nitrogens is 4. The molecule has 3 aromatic heterocycles. The molecule has 206 valence electrons. The number of anilines is 3. The van der Waals surface area contributed by atoms with Gasteiger partial charge in [0, 0.05) is 50.3 Å². The zero-order valence-corrected chi connectivity index (χ0v) is 22.0. The van der Waals surface area contributed by atoms with E-state index in [1.807, 2.05) is 37.0 Å². The van der Waals surface area contributed by atoms with Gasteiger partial charge in [0.1, 0.15) is 17.2 Å². The van der Waals surface area contributed by atoms with Gasteiger partial charge in [0.15, 0.2) is 0 Å². The maximum Gasteiger partial charge on any atom is 0.352 e. The standard InChI is InChI=1S/C24H31N7O4.C2H7N/c32-15-19(33)14-29-7-9-30(10-8-29)18-5-6-21(25-13-18)27-24-26-12-16-11-20(23(34)35)31(22(16)28-24)17-3-1-2-4-17;1-3-2/h5-6,11-13,17,19,32-33H,1-4,7-10,14-15H2,(H,34,35)(H,25,26,27,28);3H,1-2H3/t19-;/m1./s1. The maximum absolute atomic E-state index is 11.8. The van der Waals surface area contributed by atoms with Gasteiger partial charge in [0.05, 0.1) is 24.6 Å². The monoisotopic (exact) mass is 526 g/mol. The molecule has 0 amide bonds. The molecule has 38 heavy (non-hydrogen) atoms. The number of pyridine rings is 1. The molecule has 5 N–H and O–H groups in total. The Morgan fingerprint density at radius 1 is 1.11 bits per heavy atom. The summed E-state index contributed by atoms with van der Waals surface area (Å²) in [5.74, 6) is 0.0328. The number of hydrogen-bond acceptors (Lipinski definition) is 10. The first kappa shape index (κ1) is 27.7. The van der Waals surface area contributed by atoms with Crippen molar-refractivity contribution < 1.29 is 20.1 Å². The van der Waals surface area contributed by atoms with Crippen molar-refractivity contribution in [2.75, 3.05) is 63.6 Å². The van der Waals surface area contributed by atoms with Crippen molar-refractivity contribution in [3.63, 3.8) is 0 Å². The van der Waals surface area contributed by atoms with E-state index in [-0.39, 0.29) is 18.3 Å². The molecular weight excluding hydrogens is 488 g/mol. The van der Waals surface area contributed by atoms with E-state index in [0.717, 1.165) is 57.5 Å². The van der Waals surface area contributed by atoms with Crippen LogP contribution in [0.5, 0.6) is 0 Å². The molecule has 0 spiro atoms. The number of nitrogens with one attached hydrogen (secondary N) is 2. The number of carbonyl (C=O) groups is 1. The second-order valence-corrected chi connectivity index (χ2v) is 9.77. The molecule has 1 saturated carbocycles. The summed E-state index contributed by atoms with van der Waals surface area (Å²) in [4.78, 5) is 29.8. The number of β-amino-alcohol motifs (C(OH)–C–C–N with tert-alkyl or cyclic N) is 1. The SMILES string of the molecule is CNC.O=C(O)c1cc2cnc(Nc3ccc(N4CCN(C[C@@H](O)CO)CC4)cn3)nc2n1C1CCCC1. The summed E-state index contributed by atoms with van der Waals surface area (Å²) in [5, 5.41) is 35.0. The highest BCUT2D eigenvalue weighted by Gasteiger charge is 2.25. The lowest BCUT2D eigenvalue weighted by molar-refractivity contribution is 0.0575. The molecule has 1 aliphatic heterocycles. The molecule has 2 aliphatic rings. The van der Waals surface area contributed by atoms with Crippen LogP contribution in [-0.2, 0) is 0 Å². The van der Waals surface area contributed by atoms with Gasteiger partial charge in [-0.2, -0.15) is 4.98 Å². The fourth-order valence-electron chi connectivity index (χ4n) is 5.07. The van der Waals surface area contributed by atoms with Crippen LogP contribution < -0.4 is 15.5 Å². The van der Waals surface area contributed by atoms with Gasteiger partial charge in [-0.15, -0.1) is 0 Å². The minimum absolute atomic E-state index is 0.145. The van der Waals surface area contributed by atoms with Crippen molar-refractivity contribution in [3.8, 4) is 0 Å². The Hall–Kier alpha value is -3.32. The Labute approximate surface area is 222 Å². The third-order valence-corrected chi connectivity index (χ3v) is 6.89. The van der Waals surface area contributed by atoms with E-state index in [4.69, 9.17) is 5.11 Å². The van der Waals surface area contributed by atoms with Crippen molar-refractivity contribution in [2.45, 2.75) is 37.8 Å². The van der Waals surface area contributed by atoms with Crippen LogP contribution in [0.2, 0.25) is 0 Å². The minimum Gasteiger partial charge on any atom is -0.477 e. The normalized spacial score (nSPS) is 17.3. The quantitative estimate of drug-likeness (QED) is 0.292. The van der Waals surface area contributed by atoms with E-state index >= 15 is 0 Å². The van der Waals surface area contributed by atoms with E-state index in [9.17, 15) is 15.0 Å². The fraction of sp³-hybridized carbons (Fsp3) is 0.538. The summed E-state index contributed by atoms with van der Waals surface area (Å²) in [6.45, 7) is 3.51. The van der Waals surface area contributed by atoms with E-state index in [1.54, 1.807) is 12.3 Å². The van der Waals surface area contributed by atoms with E-state index < -0.39 is 12.1 Å². The first-order valence-electron chi connectivity index (χ1n) is 13.1. The van der Waals surface area contributed by atoms with Crippen LogP contribution in [0.25, 0.3) is 11.0 Å². The number of fused-ring (bicyclic) bond motifs is 1. The van der Waals surface area contributed by atoms with E-state index in [2.05, 4.69) is 35.4 Å². The lowest BCUT2D eigenvalue weighted by Gasteiger charge is -2.36. The van der Waals surface area contributed by atoms with Crippen LogP contribution >= 0.6 is 0 Å². The smallest absolute Gasteiger partial charge is 0.352 e. The van der Waals surface area contributed by atoms with Crippen molar-refractivity contribution in [1.29, 1.82) is 0 Å². The van der Waals surface area contributed by atoms with Crippen molar-refractivity contribution in [1.82, 2.24) is 29.7 Å². The molecule has 3 aromatic rings. The number of carboxylic acids is 1. The van der Waals surface area contributed by atoms with Crippen LogP contribution in [0.15, 0.2) is 30.6 Å². The van der Waals surface area contributed by atoms with Gasteiger partial charge in [0.25, 0.3) is 0 Å². The number of piperazine rings is 1. The highest BCUT2D eigenvalue weighted by atomic mass is 16.4. The molecular formula is C26H38N8O4. The average molecular weight is 527 g/mol. The maximum atomic E-state index is 11.8. The highest BCUT2D eigenvalue weighted by molar-refractivity contribution is 5.93. The van der Waals surface area contributed by atoms with Gasteiger partial charge < -0.3 is 35.4 Å². The van der Waals surface area contributed by atoms with E-state index in [1.165, 1.54) is 0 Å². The Kier molecular flexibility index (Phi) is 9.45. The topological polar surface area (TPSA) is 152 Å². The van der Waals surface area contributed by atoms with Crippen molar-refractivity contribution in [2.24, 2.45) is 0 Å². The first-order chi connectivity index (χ1) is 18.4. The summed E-state index contributed by atoms with van der Waals surface area (Å²) in [7, 11) is 3.75. The highest BCUT2D eigenvalue weighted by Crippen LogP contribution is 2.34. The third-order valence-electron chi connectivity index (χ3n) is 6.89. The molecule has 1 aliphatic carbocycles. The number of aromatic carboxylic acids is 1. The van der Waals surface area contributed by atoms with Gasteiger partial charge in [-0.05, 0) is 45.1 Å². The Morgan fingerprint density at radius 2 is 1.82 bits per heavy atom. The van der Waals surface area contributed by atoms with Crippen molar-refractivity contribution in [3.05, 3.63) is 36.3 Å². The van der Waals surface area contributed by atoms with Gasteiger partial charge in [0.2, 0.25) is 5.95 Å². The first-order valence-corrected chi connectivity index (χ1v) is 13.1. The Bertz CT molecular complexity index is 1190. The number of hydrogen-bond donors (Lipinski definition) is 5. The number of rotatable bonds is 8. The second kappa shape index (κ2) is 13.0. The Morgan fingerprint density at radius 3 is 2.42 bits per heavy atom. The zero-order chi connectivity index (χ0) is 27.1. The summed E-state index contributed by atoms with van der Waals surface area (Å²) < 4.78 is 1.85. The van der Waals surface area contributed by atoms with Gasteiger partial charge in [-0.3, -0.25) is 4.90 Å². The van der Waals surface area contributed by atoms with Crippen molar-refractivity contribution >= 4 is 34.5 Å². The predicted molar refractivity (Wildman–Crippen MR) is 146 cm³/mol. The van der Waals surface area contributed by atoms with E-state index in [0.29, 0.717) is 29.3 Å². The van der Waals surface area contributed by atoms with Crippen LogP contribution in [-0.4, -0.2) is 105 Å². The zero-order valence-electron chi connectivity index (χ0n) is 22.0. The summed E-state index contributed by atoms with van der Waals surface area (Å²) in [6, 6.07) is 5.67. The number of aliphatic hydroxyl groups excluding tert-OH is 2. The molecule has 0 unspecified atom stereocenters. The predicted octanol–water partition coefficient (Wildman–Crippen LogP) is 1.69. The van der Waals surface area contributed by atoms with Gasteiger partial charge in [-0.1, -0.05) is 12.8 Å². The van der Waals surface area contributed by atoms with Gasteiger partial charge >= 0.3 is 5.97 Å². The molecule has 1 atom stereocenters. The molecule has 12 heteroatoms. The van der Waals surface area contributed by atoms with Crippen LogP contribution in [0.4, 0.5) is 17.5 Å². The largest absolute Gasteiger partial charge is 0.477 e. The minimum atomic E-state index is -0.952. The summed E-state index contributed by atoms with van der Waals surface area (Å²) >= 11 is 0. The molecule has 4 heterocycles. The number of nitrogens with zero attached hydrogens (tertiary/aromatic N) is 6. The molecule has 5 rings (SSSR count). The molecule has 0 radical (unpaired) electrons.